The Morgan fingerprint density at radius 3 is 2.68 bits per heavy atom. The van der Waals surface area contributed by atoms with Gasteiger partial charge in [-0.2, -0.15) is 4.98 Å². The predicted octanol–water partition coefficient (Wildman–Crippen LogP) is 3.30. The first kappa shape index (κ1) is 18.3. The van der Waals surface area contributed by atoms with Crippen molar-refractivity contribution in [3.8, 4) is 11.6 Å². The van der Waals surface area contributed by atoms with Gasteiger partial charge >= 0.3 is 0 Å². The van der Waals surface area contributed by atoms with E-state index in [4.69, 9.17) is 9.26 Å². The Labute approximate surface area is 159 Å². The van der Waals surface area contributed by atoms with Crippen LogP contribution in [0.4, 0.5) is 4.39 Å². The van der Waals surface area contributed by atoms with Crippen LogP contribution in [0.25, 0.3) is 28.1 Å². The average Bonchev–Trinajstić information content (AvgIpc) is 3.29. The van der Waals surface area contributed by atoms with Crippen LogP contribution in [0.3, 0.4) is 0 Å². The highest BCUT2D eigenvalue weighted by molar-refractivity contribution is 5.83. The van der Waals surface area contributed by atoms with Gasteiger partial charge in [-0.05, 0) is 45.9 Å². The second-order valence-electron chi connectivity index (χ2n) is 7.35. The monoisotopic (exact) mass is 385 g/mol. The number of aromatic nitrogens is 5. The van der Waals surface area contributed by atoms with Gasteiger partial charge in [-0.15, -0.1) is 0 Å². The molecule has 0 aliphatic carbocycles. The second kappa shape index (κ2) is 6.23. The van der Waals surface area contributed by atoms with Crippen molar-refractivity contribution in [3.63, 3.8) is 0 Å². The molecule has 4 rings (SSSR count). The van der Waals surface area contributed by atoms with Crippen molar-refractivity contribution in [1.29, 1.82) is 0 Å². The summed E-state index contributed by atoms with van der Waals surface area (Å²) in [5, 5.41) is 3.96. The van der Waals surface area contributed by atoms with Crippen molar-refractivity contribution in [2.75, 3.05) is 7.11 Å². The molecular formula is C19H20FN5O3. The highest BCUT2D eigenvalue weighted by Crippen LogP contribution is 2.27. The molecule has 8 nitrogen and oxygen atoms in total. The Bertz CT molecular complexity index is 1250. The van der Waals surface area contributed by atoms with Crippen molar-refractivity contribution in [2.45, 2.75) is 39.3 Å². The standard InChI is InChI=1S/C19H20FN5O3/c1-10(2)25-13-8-11(20)6-7-12(13)24-9-21-14(15(24)17(25)26)16-22-18(23-28-16)19(3,4)27-5/h6-10H,1-5H3. The summed E-state index contributed by atoms with van der Waals surface area (Å²) in [6.45, 7) is 7.34. The van der Waals surface area contributed by atoms with Crippen LogP contribution in [0.15, 0.2) is 33.8 Å². The van der Waals surface area contributed by atoms with Crippen LogP contribution in [-0.2, 0) is 10.3 Å². The van der Waals surface area contributed by atoms with Gasteiger partial charge in [-0.3, -0.25) is 9.20 Å². The van der Waals surface area contributed by atoms with Crippen molar-refractivity contribution in [2.24, 2.45) is 0 Å². The van der Waals surface area contributed by atoms with Crippen LogP contribution < -0.4 is 5.56 Å². The first-order valence-electron chi connectivity index (χ1n) is 8.85. The fourth-order valence-corrected chi connectivity index (χ4v) is 3.18. The maximum atomic E-state index is 13.8. The van der Waals surface area contributed by atoms with Gasteiger partial charge in [0.1, 0.15) is 23.3 Å². The van der Waals surface area contributed by atoms with Gasteiger partial charge in [0.15, 0.2) is 5.69 Å². The van der Waals surface area contributed by atoms with E-state index in [0.717, 1.165) is 0 Å². The first-order chi connectivity index (χ1) is 13.2. The summed E-state index contributed by atoms with van der Waals surface area (Å²) in [7, 11) is 1.55. The Kier molecular flexibility index (Phi) is 4.07. The third kappa shape index (κ3) is 2.62. The molecule has 146 valence electrons. The third-order valence-electron chi connectivity index (χ3n) is 4.84. The lowest BCUT2D eigenvalue weighted by Crippen LogP contribution is -2.24. The summed E-state index contributed by atoms with van der Waals surface area (Å²) in [4.78, 5) is 22.0. The molecule has 0 spiro atoms. The quantitative estimate of drug-likeness (QED) is 0.536. The lowest BCUT2D eigenvalue weighted by Gasteiger charge is -2.17. The summed E-state index contributed by atoms with van der Waals surface area (Å²) in [6, 6.07) is 4.13. The summed E-state index contributed by atoms with van der Waals surface area (Å²) in [5.74, 6) is 0.0546. The van der Waals surface area contributed by atoms with Gasteiger partial charge in [0.25, 0.3) is 11.4 Å². The van der Waals surface area contributed by atoms with Gasteiger partial charge in [0, 0.05) is 13.2 Å². The number of fused-ring (bicyclic) bond motifs is 3. The van der Waals surface area contributed by atoms with Crippen LogP contribution in [0.2, 0.25) is 0 Å². The van der Waals surface area contributed by atoms with Crippen LogP contribution in [0.1, 0.15) is 39.6 Å². The zero-order chi connectivity index (χ0) is 20.2. The molecular weight excluding hydrogens is 365 g/mol. The van der Waals surface area contributed by atoms with Crippen molar-refractivity contribution in [1.82, 2.24) is 24.1 Å². The Balaban J connectivity index is 2.05. The van der Waals surface area contributed by atoms with E-state index in [1.165, 1.54) is 23.0 Å². The number of benzene rings is 1. The fraction of sp³-hybridized carbons (Fsp3) is 0.368. The minimum Gasteiger partial charge on any atom is -0.371 e. The number of methoxy groups -OCH3 is 1. The van der Waals surface area contributed by atoms with Gasteiger partial charge in [0.2, 0.25) is 5.82 Å². The molecule has 0 unspecified atom stereocenters. The summed E-state index contributed by atoms with van der Waals surface area (Å²) in [6.07, 6.45) is 1.50. The lowest BCUT2D eigenvalue weighted by molar-refractivity contribution is 0.00973. The molecule has 9 heteroatoms. The zero-order valence-corrected chi connectivity index (χ0v) is 16.2. The number of hydrogen-bond donors (Lipinski definition) is 0. The van der Waals surface area contributed by atoms with E-state index < -0.39 is 11.4 Å². The molecule has 3 aromatic heterocycles. The van der Waals surface area contributed by atoms with Crippen molar-refractivity contribution in [3.05, 3.63) is 46.5 Å². The highest BCUT2D eigenvalue weighted by Gasteiger charge is 2.28. The molecule has 3 heterocycles. The molecule has 4 aromatic rings. The molecule has 1 aromatic carbocycles. The molecule has 0 aliphatic heterocycles. The largest absolute Gasteiger partial charge is 0.371 e. The Morgan fingerprint density at radius 2 is 2.00 bits per heavy atom. The number of halogens is 1. The SMILES string of the molecule is COC(C)(C)c1noc(-c2ncn3c2c(=O)n(C(C)C)c2cc(F)ccc23)n1. The minimum absolute atomic E-state index is 0.122. The zero-order valence-electron chi connectivity index (χ0n) is 16.2. The Hall–Kier alpha value is -3.07. The maximum absolute atomic E-state index is 13.8. The molecule has 28 heavy (non-hydrogen) atoms. The van der Waals surface area contributed by atoms with E-state index in [-0.39, 0.29) is 23.2 Å². The van der Waals surface area contributed by atoms with Gasteiger partial charge in [-0.1, -0.05) is 5.16 Å². The molecule has 0 radical (unpaired) electrons. The minimum atomic E-state index is -0.750. The molecule has 0 aliphatic rings. The maximum Gasteiger partial charge on any atom is 0.279 e. The van der Waals surface area contributed by atoms with E-state index in [0.29, 0.717) is 22.4 Å². The first-order valence-corrected chi connectivity index (χ1v) is 8.85. The fourth-order valence-electron chi connectivity index (χ4n) is 3.18. The molecule has 0 saturated heterocycles. The van der Waals surface area contributed by atoms with Crippen LogP contribution in [0.5, 0.6) is 0 Å². The van der Waals surface area contributed by atoms with Gasteiger partial charge < -0.3 is 13.8 Å². The van der Waals surface area contributed by atoms with E-state index in [1.807, 2.05) is 13.8 Å². The van der Waals surface area contributed by atoms with Crippen LogP contribution in [-0.4, -0.2) is 31.2 Å². The van der Waals surface area contributed by atoms with Gasteiger partial charge in [0.05, 0.1) is 11.0 Å². The van der Waals surface area contributed by atoms with Crippen molar-refractivity contribution >= 4 is 16.6 Å². The highest BCUT2D eigenvalue weighted by atomic mass is 19.1. The van der Waals surface area contributed by atoms with Crippen LogP contribution >= 0.6 is 0 Å². The number of hydrogen-bond acceptors (Lipinski definition) is 6. The number of imidazole rings is 1. The normalized spacial score (nSPS) is 12.5. The summed E-state index contributed by atoms with van der Waals surface area (Å²) in [5.41, 5.74) is 0.643. The van der Waals surface area contributed by atoms with E-state index in [9.17, 15) is 9.18 Å². The second-order valence-corrected chi connectivity index (χ2v) is 7.35. The third-order valence-corrected chi connectivity index (χ3v) is 4.84. The lowest BCUT2D eigenvalue weighted by atomic mass is 10.1. The topological polar surface area (TPSA) is 87.5 Å². The molecule has 0 saturated carbocycles. The van der Waals surface area contributed by atoms with Crippen molar-refractivity contribution < 1.29 is 13.7 Å². The molecule has 0 atom stereocenters. The summed E-state index contributed by atoms with van der Waals surface area (Å²) < 4.78 is 27.7. The van der Waals surface area contributed by atoms with Crippen LogP contribution in [0, 0.1) is 5.82 Å². The average molecular weight is 385 g/mol. The van der Waals surface area contributed by atoms with E-state index >= 15 is 0 Å². The number of ether oxygens (including phenoxy) is 1. The molecule has 0 bridgehead atoms. The number of nitrogens with zero attached hydrogens (tertiary/aromatic N) is 5. The van der Waals surface area contributed by atoms with Gasteiger partial charge in [-0.25, -0.2) is 9.37 Å². The summed E-state index contributed by atoms with van der Waals surface area (Å²) >= 11 is 0. The number of rotatable bonds is 4. The molecule has 0 N–H and O–H groups in total. The molecule has 0 fully saturated rings. The molecule has 0 amide bonds. The van der Waals surface area contributed by atoms with E-state index in [1.54, 1.807) is 31.4 Å². The predicted molar refractivity (Wildman–Crippen MR) is 101 cm³/mol. The van der Waals surface area contributed by atoms with E-state index in [2.05, 4.69) is 15.1 Å². The smallest absolute Gasteiger partial charge is 0.279 e. The Morgan fingerprint density at radius 1 is 1.25 bits per heavy atom.